The highest BCUT2D eigenvalue weighted by Gasteiger charge is 2.35. The molecule has 0 aromatic heterocycles. The molecule has 0 amide bonds. The molecule has 1 N–H and O–H groups in total. The van der Waals surface area contributed by atoms with E-state index in [0.29, 0.717) is 0 Å². The van der Waals surface area contributed by atoms with Crippen LogP contribution < -0.4 is 5.32 Å². The van der Waals surface area contributed by atoms with Gasteiger partial charge in [0, 0.05) is 25.2 Å². The van der Waals surface area contributed by atoms with Gasteiger partial charge < -0.3 is 14.8 Å². The van der Waals surface area contributed by atoms with Crippen molar-refractivity contribution in [1.29, 1.82) is 0 Å². The zero-order valence-electron chi connectivity index (χ0n) is 9.76. The third-order valence-electron chi connectivity index (χ3n) is 3.39. The fourth-order valence-electron chi connectivity index (χ4n) is 2.07. The van der Waals surface area contributed by atoms with Crippen LogP contribution in [-0.2, 0) is 9.47 Å². The highest BCUT2D eigenvalue weighted by molar-refractivity contribution is 4.85. The average Bonchev–Trinajstić information content (AvgIpc) is 2.95. The Hall–Kier alpha value is -0.120. The number of hydrogen-bond donors (Lipinski definition) is 1. The zero-order valence-corrected chi connectivity index (χ0v) is 9.76. The number of nitrogens with one attached hydrogen (secondary N) is 1. The second-order valence-corrected chi connectivity index (χ2v) is 5.04. The van der Waals surface area contributed by atoms with E-state index in [9.17, 15) is 0 Å². The maximum Gasteiger partial charge on any atom is 0.0557 e. The third kappa shape index (κ3) is 3.44. The lowest BCUT2D eigenvalue weighted by Gasteiger charge is -2.27. The first-order chi connectivity index (χ1) is 7.35. The van der Waals surface area contributed by atoms with Crippen LogP contribution >= 0.6 is 0 Å². The van der Waals surface area contributed by atoms with Crippen molar-refractivity contribution in [2.45, 2.75) is 26.2 Å². The molecule has 0 radical (unpaired) electrons. The highest BCUT2D eigenvalue weighted by Crippen LogP contribution is 2.32. The molecule has 1 aliphatic carbocycles. The fourth-order valence-corrected chi connectivity index (χ4v) is 2.07. The van der Waals surface area contributed by atoms with Crippen LogP contribution in [0.3, 0.4) is 0 Å². The van der Waals surface area contributed by atoms with E-state index in [1.54, 1.807) is 0 Å². The first kappa shape index (κ1) is 11.4. The lowest BCUT2D eigenvalue weighted by molar-refractivity contribution is 0.0294. The molecule has 0 bridgehead atoms. The summed E-state index contributed by atoms with van der Waals surface area (Å²) in [7, 11) is 0. The molecule has 2 rings (SSSR count). The van der Waals surface area contributed by atoms with Crippen molar-refractivity contribution < 1.29 is 9.47 Å². The molecular formula is C12H23NO2. The average molecular weight is 213 g/mol. The summed E-state index contributed by atoms with van der Waals surface area (Å²) >= 11 is 0. The maximum atomic E-state index is 5.82. The maximum absolute atomic E-state index is 5.82. The lowest BCUT2D eigenvalue weighted by atomic mass is 9.88. The quantitative estimate of drug-likeness (QED) is 0.694. The predicted molar refractivity (Wildman–Crippen MR) is 60.0 cm³/mol. The van der Waals surface area contributed by atoms with Gasteiger partial charge >= 0.3 is 0 Å². The van der Waals surface area contributed by atoms with Gasteiger partial charge in [-0.3, -0.25) is 0 Å². The van der Waals surface area contributed by atoms with Gasteiger partial charge in [0.2, 0.25) is 0 Å². The standard InChI is InChI=1S/C12H23NO2/c1-2-13-8-12(5-6-14-9-12)10-15-7-11-3-4-11/h11,13H,2-10H2,1H3. The van der Waals surface area contributed by atoms with Crippen LogP contribution in [0.2, 0.25) is 0 Å². The summed E-state index contributed by atoms with van der Waals surface area (Å²) in [6.07, 6.45) is 3.89. The van der Waals surface area contributed by atoms with E-state index in [-0.39, 0.29) is 5.41 Å². The Balaban J connectivity index is 1.70. The van der Waals surface area contributed by atoms with Crippen molar-refractivity contribution in [3.63, 3.8) is 0 Å². The van der Waals surface area contributed by atoms with Crippen LogP contribution in [-0.4, -0.2) is 39.5 Å². The molecule has 88 valence electrons. The predicted octanol–water partition coefficient (Wildman–Crippen LogP) is 1.43. The minimum atomic E-state index is 0.255. The van der Waals surface area contributed by atoms with Gasteiger partial charge in [-0.2, -0.15) is 0 Å². The minimum Gasteiger partial charge on any atom is -0.381 e. The van der Waals surface area contributed by atoms with Crippen molar-refractivity contribution in [3.8, 4) is 0 Å². The Morgan fingerprint density at radius 2 is 2.33 bits per heavy atom. The summed E-state index contributed by atoms with van der Waals surface area (Å²) in [5, 5.41) is 3.42. The van der Waals surface area contributed by atoms with Crippen molar-refractivity contribution >= 4 is 0 Å². The monoisotopic (exact) mass is 213 g/mol. The molecule has 0 spiro atoms. The summed E-state index contributed by atoms with van der Waals surface area (Å²) in [4.78, 5) is 0. The first-order valence-electron chi connectivity index (χ1n) is 6.21. The van der Waals surface area contributed by atoms with E-state index in [4.69, 9.17) is 9.47 Å². The van der Waals surface area contributed by atoms with Gasteiger partial charge in [-0.25, -0.2) is 0 Å². The lowest BCUT2D eigenvalue weighted by Crippen LogP contribution is -2.39. The van der Waals surface area contributed by atoms with Gasteiger partial charge in [-0.1, -0.05) is 6.92 Å². The molecule has 1 saturated heterocycles. The van der Waals surface area contributed by atoms with E-state index < -0.39 is 0 Å². The van der Waals surface area contributed by atoms with Crippen LogP contribution in [0.25, 0.3) is 0 Å². The van der Waals surface area contributed by atoms with Gasteiger partial charge in [0.15, 0.2) is 0 Å². The smallest absolute Gasteiger partial charge is 0.0557 e. The molecule has 1 atom stereocenters. The molecule has 1 unspecified atom stereocenters. The molecule has 2 aliphatic rings. The molecule has 1 heterocycles. The molecule has 0 aromatic rings. The normalized spacial score (nSPS) is 31.0. The Morgan fingerprint density at radius 1 is 1.47 bits per heavy atom. The number of hydrogen-bond acceptors (Lipinski definition) is 3. The van der Waals surface area contributed by atoms with Crippen molar-refractivity contribution in [2.24, 2.45) is 11.3 Å². The molecule has 3 nitrogen and oxygen atoms in total. The zero-order chi connectivity index (χ0) is 10.6. The topological polar surface area (TPSA) is 30.5 Å². The second-order valence-electron chi connectivity index (χ2n) is 5.04. The molecular weight excluding hydrogens is 190 g/mol. The number of ether oxygens (including phenoxy) is 2. The molecule has 15 heavy (non-hydrogen) atoms. The SMILES string of the molecule is CCNCC1(COCC2CC2)CCOC1. The van der Waals surface area contributed by atoms with Crippen molar-refractivity contribution in [3.05, 3.63) is 0 Å². The van der Waals surface area contributed by atoms with Gasteiger partial charge in [0.05, 0.1) is 13.2 Å². The Morgan fingerprint density at radius 3 is 2.93 bits per heavy atom. The van der Waals surface area contributed by atoms with Crippen LogP contribution in [0.4, 0.5) is 0 Å². The van der Waals surface area contributed by atoms with Crippen LogP contribution in [0.1, 0.15) is 26.2 Å². The van der Waals surface area contributed by atoms with Crippen LogP contribution in [0.15, 0.2) is 0 Å². The molecule has 0 aromatic carbocycles. The second kappa shape index (κ2) is 5.28. The van der Waals surface area contributed by atoms with Gasteiger partial charge in [0.1, 0.15) is 0 Å². The Kier molecular flexibility index (Phi) is 4.00. The first-order valence-corrected chi connectivity index (χ1v) is 6.21. The third-order valence-corrected chi connectivity index (χ3v) is 3.39. The Bertz CT molecular complexity index is 186. The molecule has 1 saturated carbocycles. The fraction of sp³-hybridized carbons (Fsp3) is 1.00. The van der Waals surface area contributed by atoms with Crippen molar-refractivity contribution in [2.75, 3.05) is 39.5 Å². The van der Waals surface area contributed by atoms with Gasteiger partial charge in [-0.05, 0) is 31.7 Å². The van der Waals surface area contributed by atoms with Crippen LogP contribution in [0, 0.1) is 11.3 Å². The van der Waals surface area contributed by atoms with Crippen LogP contribution in [0.5, 0.6) is 0 Å². The summed E-state index contributed by atoms with van der Waals surface area (Å²) in [6, 6.07) is 0. The Labute approximate surface area is 92.5 Å². The summed E-state index contributed by atoms with van der Waals surface area (Å²) in [5.74, 6) is 0.864. The largest absolute Gasteiger partial charge is 0.381 e. The minimum absolute atomic E-state index is 0.255. The van der Waals surface area contributed by atoms with Crippen molar-refractivity contribution in [1.82, 2.24) is 5.32 Å². The highest BCUT2D eigenvalue weighted by atomic mass is 16.5. The van der Waals surface area contributed by atoms with E-state index in [1.807, 2.05) is 0 Å². The van der Waals surface area contributed by atoms with Gasteiger partial charge in [-0.15, -0.1) is 0 Å². The summed E-state index contributed by atoms with van der Waals surface area (Å²) < 4.78 is 11.3. The number of rotatable bonds is 7. The molecule has 2 fully saturated rings. The molecule has 3 heteroatoms. The van der Waals surface area contributed by atoms with Gasteiger partial charge in [0.25, 0.3) is 0 Å². The van der Waals surface area contributed by atoms with E-state index in [0.717, 1.165) is 51.9 Å². The molecule has 1 aliphatic heterocycles. The van der Waals surface area contributed by atoms with E-state index in [1.165, 1.54) is 12.8 Å². The van der Waals surface area contributed by atoms with E-state index >= 15 is 0 Å². The summed E-state index contributed by atoms with van der Waals surface area (Å²) in [5.41, 5.74) is 0.255. The van der Waals surface area contributed by atoms with E-state index in [2.05, 4.69) is 12.2 Å². The summed E-state index contributed by atoms with van der Waals surface area (Å²) in [6.45, 7) is 7.82.